The molecule has 3 aromatic carbocycles. The third-order valence-electron chi connectivity index (χ3n) is 5.73. The third kappa shape index (κ3) is 4.27. The van der Waals surface area contributed by atoms with Crippen LogP contribution >= 0.6 is 0 Å². The predicted octanol–water partition coefficient (Wildman–Crippen LogP) is 7.35. The second kappa shape index (κ2) is 10.1. The van der Waals surface area contributed by atoms with Crippen molar-refractivity contribution in [2.24, 2.45) is 0 Å². The van der Waals surface area contributed by atoms with E-state index in [-0.39, 0.29) is 0 Å². The van der Waals surface area contributed by atoms with E-state index in [0.717, 1.165) is 0 Å². The molecule has 4 aromatic rings. The Kier molecular flexibility index (Phi) is 7.31. The lowest BCUT2D eigenvalue weighted by atomic mass is 10.0. The first-order valence-electron chi connectivity index (χ1n) is 11.2. The van der Waals surface area contributed by atoms with Gasteiger partial charge in [0, 0.05) is 21.6 Å². The summed E-state index contributed by atoms with van der Waals surface area (Å²) in [4.78, 5) is 0. The molecule has 0 saturated heterocycles. The summed E-state index contributed by atoms with van der Waals surface area (Å²) in [6, 6.07) is 26.2. The van der Waals surface area contributed by atoms with Gasteiger partial charge >= 0.3 is 0 Å². The normalized spacial score (nSPS) is 12.8. The number of nitrogens with zero attached hydrogens (tertiary/aromatic N) is 1. The van der Waals surface area contributed by atoms with Gasteiger partial charge in [-0.1, -0.05) is 80.6 Å². The van der Waals surface area contributed by atoms with Crippen LogP contribution in [0.3, 0.4) is 0 Å². The van der Waals surface area contributed by atoms with Crippen molar-refractivity contribution in [1.82, 2.24) is 4.57 Å². The van der Waals surface area contributed by atoms with Gasteiger partial charge in [-0.15, -0.1) is 0 Å². The maximum atomic E-state index is 2.37. The number of allylic oxidation sites excluding steroid dienone is 2. The molecule has 1 heterocycles. The molecule has 1 nitrogen and oxygen atoms in total. The van der Waals surface area contributed by atoms with E-state index < -0.39 is 0 Å². The molecule has 0 N–H and O–H groups in total. The minimum absolute atomic E-state index is 1.19. The van der Waals surface area contributed by atoms with Gasteiger partial charge in [-0.25, -0.2) is 0 Å². The molecule has 0 aliphatic carbocycles. The van der Waals surface area contributed by atoms with E-state index in [1.54, 1.807) is 0 Å². The van der Waals surface area contributed by atoms with Crippen LogP contribution in [0.4, 0.5) is 0 Å². The Morgan fingerprint density at radius 3 is 1.97 bits per heavy atom. The van der Waals surface area contributed by atoms with E-state index in [9.17, 15) is 0 Å². The second-order valence-electron chi connectivity index (χ2n) is 7.33. The van der Waals surface area contributed by atoms with Crippen LogP contribution in [0.1, 0.15) is 47.1 Å². The Hall–Kier alpha value is -3.32. The lowest BCUT2D eigenvalue weighted by Crippen LogP contribution is -2.27. The minimum atomic E-state index is 1.19. The maximum absolute atomic E-state index is 2.37. The quantitative estimate of drug-likeness (QED) is 0.335. The Labute approximate surface area is 186 Å². The molecule has 158 valence electrons. The van der Waals surface area contributed by atoms with Crippen molar-refractivity contribution in [3.8, 4) is 16.8 Å². The molecular formula is C30H33N. The van der Waals surface area contributed by atoms with Crippen LogP contribution in [-0.4, -0.2) is 4.57 Å². The van der Waals surface area contributed by atoms with Crippen molar-refractivity contribution in [1.29, 1.82) is 0 Å². The van der Waals surface area contributed by atoms with Gasteiger partial charge in [-0.2, -0.15) is 0 Å². The van der Waals surface area contributed by atoms with E-state index in [1.807, 2.05) is 13.8 Å². The molecule has 31 heavy (non-hydrogen) atoms. The van der Waals surface area contributed by atoms with Gasteiger partial charge in [-0.05, 0) is 74.2 Å². The van der Waals surface area contributed by atoms with Crippen LogP contribution in [0.25, 0.3) is 45.4 Å². The summed E-state index contributed by atoms with van der Waals surface area (Å²) in [6.45, 7) is 12.5. The van der Waals surface area contributed by atoms with Gasteiger partial charge in [0.2, 0.25) is 0 Å². The van der Waals surface area contributed by atoms with Crippen molar-refractivity contribution in [2.75, 3.05) is 0 Å². The molecule has 4 rings (SSSR count). The molecule has 0 saturated carbocycles. The van der Waals surface area contributed by atoms with Gasteiger partial charge in [0.1, 0.15) is 0 Å². The van der Waals surface area contributed by atoms with Crippen LogP contribution < -0.4 is 10.6 Å². The molecular weight excluding hydrogens is 374 g/mol. The number of hydrogen-bond acceptors (Lipinski definition) is 0. The summed E-state index contributed by atoms with van der Waals surface area (Å²) >= 11 is 0. The molecule has 0 aliphatic rings. The largest absolute Gasteiger partial charge is 0.310 e. The zero-order valence-corrected chi connectivity index (χ0v) is 19.6. The summed E-state index contributed by atoms with van der Waals surface area (Å²) in [5.74, 6) is 0. The predicted molar refractivity (Wildman–Crippen MR) is 139 cm³/mol. The third-order valence-corrected chi connectivity index (χ3v) is 5.73. The van der Waals surface area contributed by atoms with Gasteiger partial charge < -0.3 is 4.57 Å². The van der Waals surface area contributed by atoms with Crippen LogP contribution in [0, 0.1) is 0 Å². The van der Waals surface area contributed by atoms with Crippen LogP contribution in [0.15, 0.2) is 78.9 Å². The smallest absolute Gasteiger partial charge is 0.0541 e. The molecule has 0 atom stereocenters. The molecule has 0 fully saturated rings. The summed E-state index contributed by atoms with van der Waals surface area (Å²) in [5, 5.41) is 3.83. The number of benzene rings is 3. The van der Waals surface area contributed by atoms with E-state index >= 15 is 0 Å². The summed E-state index contributed by atoms with van der Waals surface area (Å²) in [5.41, 5.74) is 7.49. The lowest BCUT2D eigenvalue weighted by molar-refractivity contribution is 1.07. The summed E-state index contributed by atoms with van der Waals surface area (Å²) < 4.78 is 2.37. The fraction of sp³-hybridized carbons (Fsp3) is 0.200. The molecule has 0 aliphatic heterocycles. The molecule has 0 spiro atoms. The van der Waals surface area contributed by atoms with E-state index in [2.05, 4.69) is 123 Å². The van der Waals surface area contributed by atoms with Crippen molar-refractivity contribution in [3.05, 3.63) is 95.0 Å². The van der Waals surface area contributed by atoms with Crippen LogP contribution in [0.5, 0.6) is 0 Å². The molecule has 1 heteroatoms. The topological polar surface area (TPSA) is 4.93 Å². The first-order chi connectivity index (χ1) is 15.2. The Balaban J connectivity index is 0.00000132. The van der Waals surface area contributed by atoms with Crippen molar-refractivity contribution < 1.29 is 0 Å². The minimum Gasteiger partial charge on any atom is -0.310 e. The number of rotatable bonds is 3. The lowest BCUT2D eigenvalue weighted by Gasteiger charge is -2.09. The van der Waals surface area contributed by atoms with E-state index in [4.69, 9.17) is 0 Å². The van der Waals surface area contributed by atoms with Crippen molar-refractivity contribution >= 4 is 28.6 Å². The van der Waals surface area contributed by atoms with Gasteiger partial charge in [-0.3, -0.25) is 0 Å². The average molecular weight is 408 g/mol. The van der Waals surface area contributed by atoms with Crippen molar-refractivity contribution in [3.63, 3.8) is 0 Å². The highest BCUT2D eigenvalue weighted by Gasteiger charge is 2.10. The fourth-order valence-corrected chi connectivity index (χ4v) is 4.05. The highest BCUT2D eigenvalue weighted by Crippen LogP contribution is 2.24. The molecule has 0 bridgehead atoms. The Bertz CT molecular complexity index is 1300. The zero-order valence-electron chi connectivity index (χ0n) is 19.6. The van der Waals surface area contributed by atoms with Crippen molar-refractivity contribution in [2.45, 2.75) is 41.5 Å². The summed E-state index contributed by atoms with van der Waals surface area (Å²) in [6.07, 6.45) is 6.60. The molecule has 0 unspecified atom stereocenters. The standard InChI is InChI=1S/C28H27N.C2H6/c1-5-20(4)23-15-18-28-26(19-23)25(6-2)27(7-3)29(28)24-16-13-22(14-17-24)21-11-9-8-10-12-21;1-2/h5-19H,1-4H3;1-2H3/b20-5+,25-6-,27-7+;. The van der Waals surface area contributed by atoms with E-state index in [1.165, 1.54) is 49.4 Å². The highest BCUT2D eigenvalue weighted by atomic mass is 15.0. The zero-order chi connectivity index (χ0) is 22.4. The number of aromatic nitrogens is 1. The highest BCUT2D eigenvalue weighted by molar-refractivity contribution is 5.87. The maximum Gasteiger partial charge on any atom is 0.0541 e. The Morgan fingerprint density at radius 1 is 0.742 bits per heavy atom. The van der Waals surface area contributed by atoms with Gasteiger partial charge in [0.15, 0.2) is 0 Å². The first-order valence-corrected chi connectivity index (χ1v) is 11.2. The molecule has 1 aromatic heterocycles. The van der Waals surface area contributed by atoms with E-state index in [0.29, 0.717) is 0 Å². The fourth-order valence-electron chi connectivity index (χ4n) is 4.05. The Morgan fingerprint density at radius 2 is 1.39 bits per heavy atom. The van der Waals surface area contributed by atoms with Crippen LogP contribution in [0.2, 0.25) is 0 Å². The van der Waals surface area contributed by atoms with Gasteiger partial charge in [0.25, 0.3) is 0 Å². The molecule has 0 radical (unpaired) electrons. The SMILES string of the molecule is C/C=c1\c(=C/C)n(-c2ccc(-c3ccccc3)cc2)c2ccc(/C(C)=C/C)cc12.CC. The number of fused-ring (bicyclic) bond motifs is 1. The second-order valence-corrected chi connectivity index (χ2v) is 7.33. The monoisotopic (exact) mass is 407 g/mol. The van der Waals surface area contributed by atoms with Gasteiger partial charge in [0.05, 0.1) is 5.52 Å². The first kappa shape index (κ1) is 22.4. The molecule has 0 amide bonds. The number of hydrogen-bond donors (Lipinski definition) is 0. The summed E-state index contributed by atoms with van der Waals surface area (Å²) in [7, 11) is 0. The average Bonchev–Trinajstić information content (AvgIpc) is 3.18. The van der Waals surface area contributed by atoms with Crippen LogP contribution in [-0.2, 0) is 0 Å².